The number of rotatable bonds is 8. The molecule has 3 rings (SSSR count). The lowest BCUT2D eigenvalue weighted by Crippen LogP contribution is -2.44. The number of aryl methyl sites for hydroxylation is 1. The first kappa shape index (κ1) is 25.5. The van der Waals surface area contributed by atoms with E-state index in [4.69, 9.17) is 4.74 Å². The molecule has 2 aromatic heterocycles. The number of guanidine groups is 1. The Kier molecular flexibility index (Phi) is 9.39. The van der Waals surface area contributed by atoms with E-state index in [9.17, 15) is 9.50 Å². The Morgan fingerprint density at radius 3 is 2.66 bits per heavy atom. The van der Waals surface area contributed by atoms with Crippen molar-refractivity contribution in [3.05, 3.63) is 71.9 Å². The van der Waals surface area contributed by atoms with Gasteiger partial charge < -0.3 is 20.5 Å². The van der Waals surface area contributed by atoms with Crippen LogP contribution in [0.4, 0.5) is 4.39 Å². The van der Waals surface area contributed by atoms with Gasteiger partial charge in [0.05, 0.1) is 19.3 Å². The average Bonchev–Trinajstić information content (AvgIpc) is 3.19. The molecule has 32 heavy (non-hydrogen) atoms. The first-order valence-corrected chi connectivity index (χ1v) is 9.98. The Labute approximate surface area is 204 Å². The summed E-state index contributed by atoms with van der Waals surface area (Å²) in [4.78, 5) is 8.76. The van der Waals surface area contributed by atoms with Gasteiger partial charge in [-0.2, -0.15) is 5.10 Å². The van der Waals surface area contributed by atoms with E-state index in [1.807, 2.05) is 13.0 Å². The molecule has 0 radical (unpaired) electrons. The van der Waals surface area contributed by atoms with Crippen LogP contribution in [0.15, 0.2) is 60.0 Å². The summed E-state index contributed by atoms with van der Waals surface area (Å²) < 4.78 is 20.4. The van der Waals surface area contributed by atoms with Crippen molar-refractivity contribution in [3.8, 4) is 11.6 Å². The van der Waals surface area contributed by atoms with Crippen molar-refractivity contribution in [3.63, 3.8) is 0 Å². The topological polar surface area (TPSA) is 96.6 Å². The second-order valence-electron chi connectivity index (χ2n) is 7.28. The van der Waals surface area contributed by atoms with Crippen LogP contribution < -0.4 is 15.4 Å². The SMILES string of the molecule is CCNC(=NCc1ccnc(Oc2ccc(F)cc2)c1)NCC(C)(O)c1cnn(C)c1.I. The molecule has 2 heterocycles. The maximum absolute atomic E-state index is 13.0. The fourth-order valence-corrected chi connectivity index (χ4v) is 2.80. The fraction of sp³-hybridized carbons (Fsp3) is 0.318. The molecular formula is C22H28FIN6O2. The Balaban J connectivity index is 0.00000363. The minimum Gasteiger partial charge on any atom is -0.439 e. The lowest BCUT2D eigenvalue weighted by molar-refractivity contribution is 0.0616. The van der Waals surface area contributed by atoms with Gasteiger partial charge in [-0.1, -0.05) is 0 Å². The van der Waals surface area contributed by atoms with Gasteiger partial charge >= 0.3 is 0 Å². The second-order valence-corrected chi connectivity index (χ2v) is 7.28. The number of aromatic nitrogens is 3. The normalized spacial score (nSPS) is 13.1. The van der Waals surface area contributed by atoms with E-state index in [0.717, 1.165) is 11.1 Å². The highest BCUT2D eigenvalue weighted by atomic mass is 127. The summed E-state index contributed by atoms with van der Waals surface area (Å²) in [6, 6.07) is 9.38. The van der Waals surface area contributed by atoms with Crippen molar-refractivity contribution < 1.29 is 14.2 Å². The number of aliphatic imine (C=N–C) groups is 1. The summed E-state index contributed by atoms with van der Waals surface area (Å²) in [6.07, 6.45) is 5.06. The van der Waals surface area contributed by atoms with Gasteiger partial charge in [-0.05, 0) is 49.7 Å². The summed E-state index contributed by atoms with van der Waals surface area (Å²) in [5.74, 6) is 1.15. The molecule has 1 atom stereocenters. The Morgan fingerprint density at radius 2 is 2.00 bits per heavy atom. The van der Waals surface area contributed by atoms with Gasteiger partial charge in [-0.3, -0.25) is 4.68 Å². The van der Waals surface area contributed by atoms with E-state index in [1.165, 1.54) is 12.1 Å². The van der Waals surface area contributed by atoms with E-state index >= 15 is 0 Å². The first-order chi connectivity index (χ1) is 14.9. The monoisotopic (exact) mass is 554 g/mol. The minimum atomic E-state index is -1.10. The van der Waals surface area contributed by atoms with Crippen LogP contribution in [0.25, 0.3) is 0 Å². The van der Waals surface area contributed by atoms with Crippen LogP contribution in [0.5, 0.6) is 11.6 Å². The molecule has 0 amide bonds. The highest BCUT2D eigenvalue weighted by Gasteiger charge is 2.25. The van der Waals surface area contributed by atoms with E-state index in [1.54, 1.807) is 55.4 Å². The molecule has 10 heteroatoms. The van der Waals surface area contributed by atoms with Crippen molar-refractivity contribution in [2.75, 3.05) is 13.1 Å². The van der Waals surface area contributed by atoms with Crippen LogP contribution in [0.3, 0.4) is 0 Å². The molecule has 3 N–H and O–H groups in total. The summed E-state index contributed by atoms with van der Waals surface area (Å²) in [7, 11) is 1.81. The summed E-state index contributed by atoms with van der Waals surface area (Å²) >= 11 is 0. The molecule has 0 aliphatic carbocycles. The average molecular weight is 554 g/mol. The number of hydrogen-bond donors (Lipinski definition) is 3. The van der Waals surface area contributed by atoms with Crippen LogP contribution in [0, 0.1) is 5.82 Å². The lowest BCUT2D eigenvalue weighted by atomic mass is 10.00. The largest absolute Gasteiger partial charge is 0.439 e. The quantitative estimate of drug-likeness (QED) is 0.225. The van der Waals surface area contributed by atoms with Gasteiger partial charge in [0, 0.05) is 37.6 Å². The maximum Gasteiger partial charge on any atom is 0.219 e. The Bertz CT molecular complexity index is 1020. The molecular weight excluding hydrogens is 526 g/mol. The molecule has 1 unspecified atom stereocenters. The van der Waals surface area contributed by atoms with Crippen LogP contribution in [-0.4, -0.2) is 38.9 Å². The van der Waals surface area contributed by atoms with Gasteiger partial charge in [0.25, 0.3) is 0 Å². The lowest BCUT2D eigenvalue weighted by Gasteiger charge is -2.23. The van der Waals surface area contributed by atoms with Crippen LogP contribution in [0.1, 0.15) is 25.0 Å². The molecule has 0 spiro atoms. The summed E-state index contributed by atoms with van der Waals surface area (Å²) in [6.45, 7) is 5.02. The fourth-order valence-electron chi connectivity index (χ4n) is 2.80. The van der Waals surface area contributed by atoms with E-state index in [0.29, 0.717) is 30.7 Å². The number of benzene rings is 1. The van der Waals surface area contributed by atoms with Crippen molar-refractivity contribution in [1.29, 1.82) is 0 Å². The van der Waals surface area contributed by atoms with Gasteiger partial charge in [-0.15, -0.1) is 24.0 Å². The number of pyridine rings is 1. The number of aliphatic hydroxyl groups is 1. The predicted octanol–water partition coefficient (Wildman–Crippen LogP) is 3.33. The molecule has 172 valence electrons. The van der Waals surface area contributed by atoms with Gasteiger partial charge in [-0.25, -0.2) is 14.4 Å². The molecule has 0 aliphatic heterocycles. The number of nitrogens with one attached hydrogen (secondary N) is 2. The molecule has 0 aliphatic rings. The molecule has 0 bridgehead atoms. The van der Waals surface area contributed by atoms with Crippen LogP contribution in [-0.2, 0) is 19.2 Å². The zero-order valence-corrected chi connectivity index (χ0v) is 20.6. The van der Waals surface area contributed by atoms with E-state index in [-0.39, 0.29) is 36.3 Å². The van der Waals surface area contributed by atoms with Crippen molar-refractivity contribution in [2.45, 2.75) is 26.0 Å². The molecule has 0 saturated heterocycles. The first-order valence-electron chi connectivity index (χ1n) is 9.98. The highest BCUT2D eigenvalue weighted by molar-refractivity contribution is 14.0. The third kappa shape index (κ3) is 7.45. The Morgan fingerprint density at radius 1 is 1.25 bits per heavy atom. The number of halogens is 2. The van der Waals surface area contributed by atoms with E-state index in [2.05, 4.69) is 25.7 Å². The van der Waals surface area contributed by atoms with Crippen molar-refractivity contribution >= 4 is 29.9 Å². The smallest absolute Gasteiger partial charge is 0.219 e. The van der Waals surface area contributed by atoms with Crippen LogP contribution in [0.2, 0.25) is 0 Å². The van der Waals surface area contributed by atoms with Gasteiger partial charge in [0.1, 0.15) is 17.2 Å². The molecule has 8 nitrogen and oxygen atoms in total. The molecule has 0 saturated carbocycles. The van der Waals surface area contributed by atoms with Crippen molar-refractivity contribution in [1.82, 2.24) is 25.4 Å². The van der Waals surface area contributed by atoms with Gasteiger partial charge in [0.2, 0.25) is 5.88 Å². The summed E-state index contributed by atoms with van der Waals surface area (Å²) in [5.41, 5.74) is 0.510. The third-order valence-electron chi connectivity index (χ3n) is 4.53. The minimum absolute atomic E-state index is 0. The van der Waals surface area contributed by atoms with Gasteiger partial charge in [0.15, 0.2) is 5.96 Å². The second kappa shape index (κ2) is 11.8. The number of nitrogens with zero attached hydrogens (tertiary/aromatic N) is 4. The number of ether oxygens (including phenoxy) is 1. The Hall–Kier alpha value is -2.73. The maximum atomic E-state index is 13.0. The molecule has 1 aromatic carbocycles. The standard InChI is InChI=1S/C22H27FN6O2.HI/c1-4-24-21(27-15-22(2,30)17-13-28-29(3)14-17)26-12-16-9-10-25-20(11-16)31-19-7-5-18(23)6-8-19;/h5-11,13-14,30H,4,12,15H2,1-3H3,(H2,24,26,27);1H. The van der Waals surface area contributed by atoms with Crippen molar-refractivity contribution in [2.24, 2.45) is 12.0 Å². The van der Waals surface area contributed by atoms with E-state index < -0.39 is 5.60 Å². The van der Waals surface area contributed by atoms with Crippen LogP contribution >= 0.6 is 24.0 Å². The summed E-state index contributed by atoms with van der Waals surface area (Å²) in [5, 5.41) is 21.2. The zero-order valence-electron chi connectivity index (χ0n) is 18.2. The third-order valence-corrected chi connectivity index (χ3v) is 4.53. The number of hydrogen-bond acceptors (Lipinski definition) is 5. The molecule has 3 aromatic rings. The highest BCUT2D eigenvalue weighted by Crippen LogP contribution is 2.21. The predicted molar refractivity (Wildman–Crippen MR) is 132 cm³/mol. The molecule has 0 fully saturated rings. The zero-order chi connectivity index (χ0) is 22.3.